The van der Waals surface area contributed by atoms with E-state index in [4.69, 9.17) is 18.9 Å². The molecule has 186 valence electrons. The summed E-state index contributed by atoms with van der Waals surface area (Å²) < 4.78 is 48.0. The van der Waals surface area contributed by atoms with Gasteiger partial charge in [0.1, 0.15) is 13.2 Å². The molecule has 1 saturated carbocycles. The van der Waals surface area contributed by atoms with Gasteiger partial charge in [0.2, 0.25) is 0 Å². The van der Waals surface area contributed by atoms with Crippen LogP contribution in [0.5, 0.6) is 0 Å². The minimum Gasteiger partial charge on any atom is -0.381 e. The number of alkyl halides is 2. The van der Waals surface area contributed by atoms with Crippen molar-refractivity contribution >= 4 is 0 Å². The minimum absolute atomic E-state index is 0.0670. The summed E-state index contributed by atoms with van der Waals surface area (Å²) in [5.74, 6) is -2.92. The molecule has 0 radical (unpaired) electrons. The van der Waals surface area contributed by atoms with E-state index in [0.29, 0.717) is 19.1 Å². The highest BCUT2D eigenvalue weighted by molar-refractivity contribution is 4.80. The zero-order valence-corrected chi connectivity index (χ0v) is 21.4. The first kappa shape index (κ1) is 34.3. The van der Waals surface area contributed by atoms with Gasteiger partial charge < -0.3 is 23.8 Å². The molecule has 0 aromatic heterocycles. The van der Waals surface area contributed by atoms with Crippen molar-refractivity contribution in [2.75, 3.05) is 53.7 Å². The van der Waals surface area contributed by atoms with E-state index in [1.54, 1.807) is 7.11 Å². The summed E-state index contributed by atoms with van der Waals surface area (Å²) in [6.07, 6.45) is 2.96. The van der Waals surface area contributed by atoms with E-state index in [9.17, 15) is 8.78 Å². The molecule has 30 heavy (non-hydrogen) atoms. The van der Waals surface area contributed by atoms with Crippen LogP contribution in [0.1, 0.15) is 74.7 Å². The summed E-state index contributed by atoms with van der Waals surface area (Å²) in [6, 6.07) is 0. The van der Waals surface area contributed by atoms with Crippen LogP contribution in [0.4, 0.5) is 8.78 Å². The van der Waals surface area contributed by atoms with E-state index in [1.165, 1.54) is 0 Å². The standard InChI is InChI=1S/C15H27F2NO4.4C2H6/c1-18-8-14(9-18)22-11-15(16,17)10-20-4-3-5-21-13-6-12(7-13)19-2;4*1-2/h12-14H,3-11H2,1-2H3;4*1-2H3. The third kappa shape index (κ3) is 17.4. The lowest BCUT2D eigenvalue weighted by Crippen LogP contribution is -2.51. The van der Waals surface area contributed by atoms with E-state index in [-0.39, 0.29) is 18.8 Å². The fourth-order valence-electron chi connectivity index (χ4n) is 2.51. The summed E-state index contributed by atoms with van der Waals surface area (Å²) in [5, 5.41) is 0. The lowest BCUT2D eigenvalue weighted by atomic mass is 9.92. The van der Waals surface area contributed by atoms with Gasteiger partial charge in [-0.3, -0.25) is 0 Å². The second-order valence-corrected chi connectivity index (χ2v) is 6.24. The first-order chi connectivity index (χ1) is 14.5. The van der Waals surface area contributed by atoms with Gasteiger partial charge in [-0.2, -0.15) is 0 Å². The van der Waals surface area contributed by atoms with E-state index in [2.05, 4.69) is 0 Å². The van der Waals surface area contributed by atoms with Gasteiger partial charge in [-0.15, -0.1) is 0 Å². The molecule has 1 heterocycles. The Morgan fingerprint density at radius 1 is 0.767 bits per heavy atom. The van der Waals surface area contributed by atoms with Crippen molar-refractivity contribution in [2.24, 2.45) is 0 Å². The minimum atomic E-state index is -2.92. The van der Waals surface area contributed by atoms with Gasteiger partial charge in [-0.25, -0.2) is 8.78 Å². The van der Waals surface area contributed by atoms with Crippen molar-refractivity contribution in [1.82, 2.24) is 4.90 Å². The Balaban J connectivity index is -0.000000815. The second kappa shape index (κ2) is 23.3. The molecule has 2 fully saturated rings. The number of likely N-dealkylation sites (N-methyl/N-ethyl adjacent to an activating group) is 1. The van der Waals surface area contributed by atoms with Crippen LogP contribution in [-0.4, -0.2) is 82.8 Å². The normalized spacial score (nSPS) is 20.4. The highest BCUT2D eigenvalue weighted by Gasteiger charge is 2.33. The van der Waals surface area contributed by atoms with Crippen LogP contribution >= 0.6 is 0 Å². The molecule has 2 aliphatic rings. The van der Waals surface area contributed by atoms with Gasteiger partial charge in [0.25, 0.3) is 5.92 Å². The number of hydrogen-bond donors (Lipinski definition) is 0. The Bertz CT molecular complexity index is 324. The predicted octanol–water partition coefficient (Wildman–Crippen LogP) is 5.66. The second-order valence-electron chi connectivity index (χ2n) is 6.24. The molecule has 0 N–H and O–H groups in total. The maximum absolute atomic E-state index is 13.5. The molecule has 7 heteroatoms. The van der Waals surface area contributed by atoms with Crippen LogP contribution in [0.2, 0.25) is 0 Å². The van der Waals surface area contributed by atoms with Gasteiger partial charge >= 0.3 is 0 Å². The van der Waals surface area contributed by atoms with Crippen LogP contribution in [0.25, 0.3) is 0 Å². The quantitative estimate of drug-likeness (QED) is 0.386. The monoisotopic (exact) mass is 443 g/mol. The summed E-state index contributed by atoms with van der Waals surface area (Å²) in [6.45, 7) is 17.1. The molecule has 0 aromatic rings. The number of rotatable bonds is 11. The lowest BCUT2D eigenvalue weighted by molar-refractivity contribution is -0.157. The van der Waals surface area contributed by atoms with Gasteiger partial charge in [-0.05, 0) is 26.3 Å². The first-order valence-corrected chi connectivity index (χ1v) is 11.9. The molecule has 0 amide bonds. The lowest BCUT2D eigenvalue weighted by Gasteiger charge is -2.36. The van der Waals surface area contributed by atoms with E-state index in [1.807, 2.05) is 67.3 Å². The van der Waals surface area contributed by atoms with Crippen molar-refractivity contribution in [3.63, 3.8) is 0 Å². The van der Waals surface area contributed by atoms with Crippen molar-refractivity contribution < 1.29 is 27.7 Å². The molecule has 0 aromatic carbocycles. The number of ether oxygens (including phenoxy) is 4. The van der Waals surface area contributed by atoms with Gasteiger partial charge in [-0.1, -0.05) is 55.4 Å². The highest BCUT2D eigenvalue weighted by Crippen LogP contribution is 2.25. The van der Waals surface area contributed by atoms with Crippen molar-refractivity contribution in [1.29, 1.82) is 0 Å². The van der Waals surface area contributed by atoms with E-state index >= 15 is 0 Å². The van der Waals surface area contributed by atoms with Gasteiger partial charge in [0.15, 0.2) is 0 Å². The Hall–Kier alpha value is -0.340. The topological polar surface area (TPSA) is 40.2 Å². The zero-order valence-electron chi connectivity index (χ0n) is 21.4. The number of nitrogens with zero attached hydrogens (tertiary/aromatic N) is 1. The Morgan fingerprint density at radius 2 is 1.30 bits per heavy atom. The van der Waals surface area contributed by atoms with E-state index < -0.39 is 19.1 Å². The van der Waals surface area contributed by atoms with Crippen LogP contribution < -0.4 is 0 Å². The van der Waals surface area contributed by atoms with Crippen LogP contribution in [0.3, 0.4) is 0 Å². The summed E-state index contributed by atoms with van der Waals surface area (Å²) in [4.78, 5) is 2.02. The fraction of sp³-hybridized carbons (Fsp3) is 1.00. The van der Waals surface area contributed by atoms with E-state index in [0.717, 1.165) is 25.9 Å². The predicted molar refractivity (Wildman–Crippen MR) is 123 cm³/mol. The van der Waals surface area contributed by atoms with Crippen molar-refractivity contribution in [3.05, 3.63) is 0 Å². The molecule has 0 spiro atoms. The molecule has 0 unspecified atom stereocenters. The third-order valence-electron chi connectivity index (χ3n) is 4.05. The van der Waals surface area contributed by atoms with Crippen LogP contribution in [-0.2, 0) is 18.9 Å². The Kier molecular flexibility index (Phi) is 26.7. The average molecular weight is 444 g/mol. The molecule has 1 aliphatic heterocycles. The number of likely N-dealkylation sites (tertiary alicyclic amines) is 1. The molecule has 5 nitrogen and oxygen atoms in total. The third-order valence-corrected chi connectivity index (χ3v) is 4.05. The Morgan fingerprint density at radius 3 is 1.77 bits per heavy atom. The summed E-state index contributed by atoms with van der Waals surface area (Å²) >= 11 is 0. The van der Waals surface area contributed by atoms with Crippen molar-refractivity contribution in [3.8, 4) is 0 Å². The Labute approximate surface area is 185 Å². The maximum atomic E-state index is 13.5. The molecular formula is C23H51F2NO4. The van der Waals surface area contributed by atoms with Crippen LogP contribution in [0, 0.1) is 0 Å². The van der Waals surface area contributed by atoms with Crippen molar-refractivity contribution in [2.45, 2.75) is 98.9 Å². The maximum Gasteiger partial charge on any atom is 0.293 e. The highest BCUT2D eigenvalue weighted by atomic mass is 19.3. The molecule has 0 bridgehead atoms. The number of methoxy groups -OCH3 is 1. The number of halogens is 2. The molecule has 1 aliphatic carbocycles. The molecular weight excluding hydrogens is 392 g/mol. The number of hydrogen-bond acceptors (Lipinski definition) is 5. The molecule has 1 saturated heterocycles. The zero-order chi connectivity index (χ0) is 24.0. The summed E-state index contributed by atoms with van der Waals surface area (Å²) in [5.41, 5.74) is 0. The molecule has 2 rings (SSSR count). The molecule has 0 atom stereocenters. The first-order valence-electron chi connectivity index (χ1n) is 11.9. The average Bonchev–Trinajstić information content (AvgIpc) is 2.74. The largest absolute Gasteiger partial charge is 0.381 e. The fourth-order valence-corrected chi connectivity index (χ4v) is 2.51. The van der Waals surface area contributed by atoms with Crippen LogP contribution in [0.15, 0.2) is 0 Å². The van der Waals surface area contributed by atoms with Gasteiger partial charge in [0, 0.05) is 33.4 Å². The smallest absolute Gasteiger partial charge is 0.293 e. The van der Waals surface area contributed by atoms with Gasteiger partial charge in [0.05, 0.1) is 18.3 Å². The summed E-state index contributed by atoms with van der Waals surface area (Å²) in [7, 11) is 3.63. The SMILES string of the molecule is CC.CC.CC.CC.COC1CC(OCCCOCC(F)(F)COC2CN(C)C2)C1.